The summed E-state index contributed by atoms with van der Waals surface area (Å²) in [5.74, 6) is 0.400. The highest BCUT2D eigenvalue weighted by atomic mass is 19.1. The molecule has 3 heteroatoms. The number of nitrogens with one attached hydrogen (secondary N) is 1. The van der Waals surface area contributed by atoms with Gasteiger partial charge in [-0.25, -0.2) is 4.39 Å². The van der Waals surface area contributed by atoms with Crippen LogP contribution in [0.25, 0.3) is 11.0 Å². The quantitative estimate of drug-likeness (QED) is 0.765. The van der Waals surface area contributed by atoms with Gasteiger partial charge in [-0.15, -0.1) is 0 Å². The first-order valence-corrected chi connectivity index (χ1v) is 7.02. The Morgan fingerprint density at radius 3 is 2.38 bits per heavy atom. The zero-order valence-corrected chi connectivity index (χ0v) is 12.4. The predicted octanol–water partition coefficient (Wildman–Crippen LogP) is 4.50. The largest absolute Gasteiger partial charge is 0.456 e. The lowest BCUT2D eigenvalue weighted by Gasteiger charge is -2.15. The van der Waals surface area contributed by atoms with E-state index in [1.54, 1.807) is 6.07 Å². The van der Waals surface area contributed by atoms with Gasteiger partial charge in [-0.2, -0.15) is 0 Å². The number of halogens is 1. The maximum absolute atomic E-state index is 13.8. The number of fused-ring (bicyclic) bond motifs is 1. The molecule has 0 saturated heterocycles. The fourth-order valence-electron chi connectivity index (χ4n) is 2.84. The van der Waals surface area contributed by atoms with E-state index < -0.39 is 0 Å². The van der Waals surface area contributed by atoms with Gasteiger partial charge in [0, 0.05) is 5.39 Å². The third-order valence-electron chi connectivity index (χ3n) is 3.67. The Morgan fingerprint density at radius 1 is 1.05 bits per heavy atom. The standard InChI is InChI=1S/C18H18FNO/c1-11-7-12(2)9-14(8-11)17(20-3)16-10-13-5-4-6-15(19)18(13)21-16/h4-10,17,20H,1-3H3. The Balaban J connectivity index is 2.11. The molecule has 21 heavy (non-hydrogen) atoms. The van der Waals surface area contributed by atoms with Crippen molar-refractivity contribution in [3.63, 3.8) is 0 Å². The third-order valence-corrected chi connectivity index (χ3v) is 3.67. The van der Waals surface area contributed by atoms with Gasteiger partial charge in [0.15, 0.2) is 11.4 Å². The molecule has 0 bridgehead atoms. The minimum Gasteiger partial charge on any atom is -0.456 e. The molecule has 0 aliphatic carbocycles. The fourth-order valence-corrected chi connectivity index (χ4v) is 2.84. The van der Waals surface area contributed by atoms with Crippen molar-refractivity contribution in [2.75, 3.05) is 7.05 Å². The molecular formula is C18H18FNO. The first kappa shape index (κ1) is 13.8. The third kappa shape index (κ3) is 2.57. The lowest BCUT2D eigenvalue weighted by molar-refractivity contribution is 0.476. The number of furan rings is 1. The number of benzene rings is 2. The second kappa shape index (κ2) is 5.34. The van der Waals surface area contributed by atoms with Crippen LogP contribution in [0.3, 0.4) is 0 Å². The summed E-state index contributed by atoms with van der Waals surface area (Å²) in [5.41, 5.74) is 3.84. The normalized spacial score (nSPS) is 12.8. The molecule has 1 unspecified atom stereocenters. The number of para-hydroxylation sites is 1. The Kier molecular flexibility index (Phi) is 3.52. The van der Waals surface area contributed by atoms with Crippen molar-refractivity contribution in [2.24, 2.45) is 0 Å². The molecule has 1 N–H and O–H groups in total. The van der Waals surface area contributed by atoms with Gasteiger partial charge in [0.2, 0.25) is 0 Å². The van der Waals surface area contributed by atoms with E-state index in [2.05, 4.69) is 37.4 Å². The molecule has 0 saturated carbocycles. The summed E-state index contributed by atoms with van der Waals surface area (Å²) in [6.45, 7) is 4.14. The molecule has 1 aromatic heterocycles. The number of aryl methyl sites for hydroxylation is 2. The summed E-state index contributed by atoms with van der Waals surface area (Å²) < 4.78 is 19.5. The number of rotatable bonds is 3. The van der Waals surface area contributed by atoms with Crippen molar-refractivity contribution in [3.8, 4) is 0 Å². The van der Waals surface area contributed by atoms with Crippen LogP contribution < -0.4 is 5.32 Å². The SMILES string of the molecule is CNC(c1cc(C)cc(C)c1)c1cc2cccc(F)c2o1. The maximum Gasteiger partial charge on any atom is 0.169 e. The van der Waals surface area contributed by atoms with Gasteiger partial charge in [0.25, 0.3) is 0 Å². The van der Waals surface area contributed by atoms with E-state index in [9.17, 15) is 4.39 Å². The van der Waals surface area contributed by atoms with Gasteiger partial charge in [-0.3, -0.25) is 0 Å². The van der Waals surface area contributed by atoms with E-state index in [0.717, 1.165) is 16.7 Å². The second-order valence-corrected chi connectivity index (χ2v) is 5.45. The van der Waals surface area contributed by atoms with Crippen molar-refractivity contribution < 1.29 is 8.81 Å². The van der Waals surface area contributed by atoms with Crippen molar-refractivity contribution in [1.82, 2.24) is 5.32 Å². The Hall–Kier alpha value is -2.13. The molecule has 1 atom stereocenters. The van der Waals surface area contributed by atoms with E-state index in [-0.39, 0.29) is 11.9 Å². The highest BCUT2D eigenvalue weighted by Crippen LogP contribution is 2.30. The highest BCUT2D eigenvalue weighted by Gasteiger charge is 2.18. The molecule has 0 radical (unpaired) electrons. The van der Waals surface area contributed by atoms with Gasteiger partial charge < -0.3 is 9.73 Å². The summed E-state index contributed by atoms with van der Waals surface area (Å²) in [6.07, 6.45) is 0. The minimum absolute atomic E-state index is 0.0876. The second-order valence-electron chi connectivity index (χ2n) is 5.45. The number of hydrogen-bond acceptors (Lipinski definition) is 2. The molecule has 0 amide bonds. The van der Waals surface area contributed by atoms with Crippen LogP contribution in [-0.2, 0) is 0 Å². The maximum atomic E-state index is 13.8. The van der Waals surface area contributed by atoms with Crippen LogP contribution in [0, 0.1) is 19.7 Å². The molecule has 0 aliphatic rings. The summed E-state index contributed by atoms with van der Waals surface area (Å²) in [6, 6.07) is 13.2. The molecule has 0 spiro atoms. The fraction of sp³-hybridized carbons (Fsp3) is 0.222. The average Bonchev–Trinajstić information content (AvgIpc) is 2.83. The van der Waals surface area contributed by atoms with E-state index in [1.165, 1.54) is 17.2 Å². The van der Waals surface area contributed by atoms with Crippen molar-refractivity contribution >= 4 is 11.0 Å². The summed E-state index contributed by atoms with van der Waals surface area (Å²) in [5, 5.41) is 4.04. The first-order chi connectivity index (χ1) is 10.1. The summed E-state index contributed by atoms with van der Waals surface area (Å²) in [7, 11) is 1.88. The molecule has 0 fully saturated rings. The van der Waals surface area contributed by atoms with Crippen LogP contribution in [-0.4, -0.2) is 7.05 Å². The molecule has 3 rings (SSSR count). The van der Waals surface area contributed by atoms with Crippen LogP contribution in [0.1, 0.15) is 28.5 Å². The Morgan fingerprint density at radius 2 is 1.76 bits per heavy atom. The molecule has 2 aromatic carbocycles. The molecule has 0 aliphatic heterocycles. The van der Waals surface area contributed by atoms with Gasteiger partial charge in [0.1, 0.15) is 5.76 Å². The average molecular weight is 283 g/mol. The zero-order valence-electron chi connectivity index (χ0n) is 12.4. The van der Waals surface area contributed by atoms with E-state index >= 15 is 0 Å². The summed E-state index contributed by atoms with van der Waals surface area (Å²) in [4.78, 5) is 0. The Bertz CT molecular complexity index is 771. The summed E-state index contributed by atoms with van der Waals surface area (Å²) >= 11 is 0. The van der Waals surface area contributed by atoms with Crippen molar-refractivity contribution in [2.45, 2.75) is 19.9 Å². The lowest BCUT2D eigenvalue weighted by Crippen LogP contribution is -2.17. The van der Waals surface area contributed by atoms with Gasteiger partial charge in [0.05, 0.1) is 6.04 Å². The molecule has 108 valence electrons. The van der Waals surface area contributed by atoms with Crippen LogP contribution in [0.5, 0.6) is 0 Å². The van der Waals surface area contributed by atoms with E-state index in [4.69, 9.17) is 4.42 Å². The van der Waals surface area contributed by atoms with E-state index in [0.29, 0.717) is 5.58 Å². The lowest BCUT2D eigenvalue weighted by atomic mass is 9.99. The van der Waals surface area contributed by atoms with Crippen LogP contribution in [0.2, 0.25) is 0 Å². The number of hydrogen-bond donors (Lipinski definition) is 1. The monoisotopic (exact) mass is 283 g/mol. The molecule has 1 heterocycles. The van der Waals surface area contributed by atoms with Gasteiger partial charge in [-0.1, -0.05) is 41.5 Å². The highest BCUT2D eigenvalue weighted by molar-refractivity contribution is 5.78. The zero-order chi connectivity index (χ0) is 15.0. The topological polar surface area (TPSA) is 25.2 Å². The Labute approximate surface area is 123 Å². The minimum atomic E-state index is -0.325. The van der Waals surface area contributed by atoms with E-state index in [1.807, 2.05) is 19.2 Å². The van der Waals surface area contributed by atoms with Crippen LogP contribution in [0.15, 0.2) is 46.9 Å². The van der Waals surface area contributed by atoms with Gasteiger partial charge in [-0.05, 0) is 38.6 Å². The smallest absolute Gasteiger partial charge is 0.169 e. The molecule has 2 nitrogen and oxygen atoms in total. The molecular weight excluding hydrogens is 265 g/mol. The van der Waals surface area contributed by atoms with Gasteiger partial charge >= 0.3 is 0 Å². The van der Waals surface area contributed by atoms with Crippen molar-refractivity contribution in [3.05, 3.63) is 70.7 Å². The van der Waals surface area contributed by atoms with Crippen molar-refractivity contribution in [1.29, 1.82) is 0 Å². The van der Waals surface area contributed by atoms with Crippen LogP contribution in [0.4, 0.5) is 4.39 Å². The molecule has 3 aromatic rings. The predicted molar refractivity (Wildman–Crippen MR) is 83.0 cm³/mol. The first-order valence-electron chi connectivity index (χ1n) is 7.02. The van der Waals surface area contributed by atoms with Crippen LogP contribution >= 0.6 is 0 Å².